The molecule has 0 unspecified atom stereocenters. The van der Waals surface area contributed by atoms with Crippen molar-refractivity contribution in [3.05, 3.63) is 29.8 Å². The highest BCUT2D eigenvalue weighted by Crippen LogP contribution is 2.13. The Morgan fingerprint density at radius 1 is 1.35 bits per heavy atom. The summed E-state index contributed by atoms with van der Waals surface area (Å²) in [7, 11) is 0. The lowest BCUT2D eigenvalue weighted by molar-refractivity contribution is -0.120. The van der Waals surface area contributed by atoms with Gasteiger partial charge in [-0.3, -0.25) is 4.79 Å². The molecule has 1 heterocycles. The van der Waals surface area contributed by atoms with Gasteiger partial charge >= 0.3 is 5.97 Å². The quantitative estimate of drug-likeness (QED) is 0.748. The smallest absolute Gasteiger partial charge is 0.335 e. The lowest BCUT2D eigenvalue weighted by atomic mass is 10.1. The van der Waals surface area contributed by atoms with E-state index in [1.807, 2.05) is 0 Å². The van der Waals surface area contributed by atoms with Crippen LogP contribution in [0.25, 0.3) is 0 Å². The third-order valence-electron chi connectivity index (χ3n) is 3.90. The second-order valence-corrected chi connectivity index (χ2v) is 5.87. The van der Waals surface area contributed by atoms with Gasteiger partial charge in [-0.25, -0.2) is 4.79 Å². The standard InChI is InChI=1S/C17H24N2O4/c1-13(20)18-15-4-2-9-19(12-15)10-3-11-23-16-7-5-14(6-8-16)17(21)22/h5-8,15H,2-4,9-12H2,1H3,(H,18,20)(H,21,22)/t15-/m0/s1. The molecule has 126 valence electrons. The number of nitrogens with one attached hydrogen (secondary N) is 1. The molecular weight excluding hydrogens is 296 g/mol. The average molecular weight is 320 g/mol. The van der Waals surface area contributed by atoms with Gasteiger partial charge in [0.25, 0.3) is 0 Å². The van der Waals surface area contributed by atoms with Crippen LogP contribution in [-0.4, -0.2) is 54.2 Å². The molecule has 0 bridgehead atoms. The molecule has 23 heavy (non-hydrogen) atoms. The van der Waals surface area contributed by atoms with E-state index in [0.717, 1.165) is 38.9 Å². The number of ether oxygens (including phenoxy) is 1. The summed E-state index contributed by atoms with van der Waals surface area (Å²) in [4.78, 5) is 24.2. The second kappa shape index (κ2) is 8.53. The van der Waals surface area contributed by atoms with Crippen LogP contribution in [0.2, 0.25) is 0 Å². The molecule has 0 aliphatic carbocycles. The molecule has 0 radical (unpaired) electrons. The van der Waals surface area contributed by atoms with Gasteiger partial charge < -0.3 is 20.1 Å². The molecule has 1 aromatic carbocycles. The van der Waals surface area contributed by atoms with Crippen LogP contribution in [0, 0.1) is 0 Å². The molecule has 1 aromatic rings. The summed E-state index contributed by atoms with van der Waals surface area (Å²) < 4.78 is 5.63. The first-order chi connectivity index (χ1) is 11.0. The minimum Gasteiger partial charge on any atom is -0.494 e. The molecule has 6 heteroatoms. The Morgan fingerprint density at radius 3 is 2.74 bits per heavy atom. The molecule has 0 saturated carbocycles. The minimum atomic E-state index is -0.935. The molecular formula is C17H24N2O4. The van der Waals surface area contributed by atoms with Gasteiger partial charge in [-0.15, -0.1) is 0 Å². The van der Waals surface area contributed by atoms with Gasteiger partial charge in [-0.2, -0.15) is 0 Å². The number of aromatic carboxylic acids is 1. The van der Waals surface area contributed by atoms with Gasteiger partial charge in [0, 0.05) is 26.1 Å². The molecule has 1 aliphatic rings. The van der Waals surface area contributed by atoms with E-state index < -0.39 is 5.97 Å². The third-order valence-corrected chi connectivity index (χ3v) is 3.90. The number of amides is 1. The van der Waals surface area contributed by atoms with Crippen LogP contribution < -0.4 is 10.1 Å². The van der Waals surface area contributed by atoms with Crippen LogP contribution in [0.4, 0.5) is 0 Å². The summed E-state index contributed by atoms with van der Waals surface area (Å²) in [6.07, 6.45) is 3.04. The number of benzene rings is 1. The van der Waals surface area contributed by atoms with Crippen LogP contribution in [-0.2, 0) is 4.79 Å². The van der Waals surface area contributed by atoms with Crippen molar-refractivity contribution >= 4 is 11.9 Å². The van der Waals surface area contributed by atoms with Gasteiger partial charge in [0.05, 0.1) is 12.2 Å². The largest absolute Gasteiger partial charge is 0.494 e. The predicted molar refractivity (Wildman–Crippen MR) is 86.8 cm³/mol. The van der Waals surface area contributed by atoms with E-state index in [2.05, 4.69) is 10.2 Å². The van der Waals surface area contributed by atoms with Crippen LogP contribution in [0.5, 0.6) is 5.75 Å². The number of hydrogen-bond acceptors (Lipinski definition) is 4. The Labute approximate surface area is 136 Å². The molecule has 0 aromatic heterocycles. The van der Waals surface area contributed by atoms with E-state index in [1.54, 1.807) is 31.2 Å². The van der Waals surface area contributed by atoms with Crippen molar-refractivity contribution in [3.63, 3.8) is 0 Å². The van der Waals surface area contributed by atoms with E-state index in [9.17, 15) is 9.59 Å². The lowest BCUT2D eigenvalue weighted by Crippen LogP contribution is -2.47. The zero-order chi connectivity index (χ0) is 16.7. The number of piperidine rings is 1. The van der Waals surface area contributed by atoms with E-state index >= 15 is 0 Å². The molecule has 2 N–H and O–H groups in total. The maximum atomic E-state index is 11.1. The average Bonchev–Trinajstić information content (AvgIpc) is 2.52. The highest BCUT2D eigenvalue weighted by molar-refractivity contribution is 5.87. The van der Waals surface area contributed by atoms with Crippen molar-refractivity contribution in [2.24, 2.45) is 0 Å². The van der Waals surface area contributed by atoms with Gasteiger partial charge in [-0.1, -0.05) is 0 Å². The monoisotopic (exact) mass is 320 g/mol. The summed E-state index contributed by atoms with van der Waals surface area (Å²) in [5.74, 6) is -0.217. The van der Waals surface area contributed by atoms with E-state index in [-0.39, 0.29) is 17.5 Å². The molecule has 0 spiro atoms. The zero-order valence-corrected chi connectivity index (χ0v) is 13.5. The Bertz CT molecular complexity index is 530. The summed E-state index contributed by atoms with van der Waals surface area (Å²) >= 11 is 0. The second-order valence-electron chi connectivity index (χ2n) is 5.87. The van der Waals surface area contributed by atoms with Gasteiger partial charge in [0.15, 0.2) is 0 Å². The first-order valence-electron chi connectivity index (χ1n) is 8.00. The van der Waals surface area contributed by atoms with Crippen molar-refractivity contribution in [1.82, 2.24) is 10.2 Å². The Morgan fingerprint density at radius 2 is 2.09 bits per heavy atom. The zero-order valence-electron chi connectivity index (χ0n) is 13.5. The number of likely N-dealkylation sites (tertiary alicyclic amines) is 1. The summed E-state index contributed by atoms with van der Waals surface area (Å²) in [5.41, 5.74) is 0.259. The van der Waals surface area contributed by atoms with Crippen molar-refractivity contribution in [2.75, 3.05) is 26.2 Å². The van der Waals surface area contributed by atoms with Crippen LogP contribution >= 0.6 is 0 Å². The van der Waals surface area contributed by atoms with Gasteiger partial charge in [-0.05, 0) is 50.1 Å². The number of carboxylic acid groups (broad SMARTS) is 1. The van der Waals surface area contributed by atoms with Crippen molar-refractivity contribution in [3.8, 4) is 5.75 Å². The highest BCUT2D eigenvalue weighted by Gasteiger charge is 2.19. The SMILES string of the molecule is CC(=O)N[C@H]1CCCN(CCCOc2ccc(C(=O)O)cc2)C1. The summed E-state index contributed by atoms with van der Waals surface area (Å²) in [6, 6.07) is 6.69. The van der Waals surface area contributed by atoms with Crippen LogP contribution in [0.3, 0.4) is 0 Å². The molecule has 6 nitrogen and oxygen atoms in total. The molecule has 2 rings (SSSR count). The number of carboxylic acids is 1. The Kier molecular flexibility index (Phi) is 6.40. The van der Waals surface area contributed by atoms with Crippen LogP contribution in [0.1, 0.15) is 36.5 Å². The fraction of sp³-hybridized carbons (Fsp3) is 0.529. The first-order valence-corrected chi connectivity index (χ1v) is 8.00. The van der Waals surface area contributed by atoms with Crippen molar-refractivity contribution in [2.45, 2.75) is 32.2 Å². The normalized spacial score (nSPS) is 18.4. The summed E-state index contributed by atoms with van der Waals surface area (Å²) in [6.45, 7) is 5.04. The van der Waals surface area contributed by atoms with Crippen LogP contribution in [0.15, 0.2) is 24.3 Å². The summed E-state index contributed by atoms with van der Waals surface area (Å²) in [5, 5.41) is 11.8. The Balaban J connectivity index is 1.66. The molecule has 1 saturated heterocycles. The number of nitrogens with zero attached hydrogens (tertiary/aromatic N) is 1. The van der Waals surface area contributed by atoms with E-state index in [0.29, 0.717) is 12.4 Å². The van der Waals surface area contributed by atoms with Gasteiger partial charge in [0.2, 0.25) is 5.91 Å². The minimum absolute atomic E-state index is 0.0324. The number of carbonyl (C=O) groups excluding carboxylic acids is 1. The molecule has 1 amide bonds. The first kappa shape index (κ1) is 17.3. The maximum absolute atomic E-state index is 11.1. The molecule has 1 fully saturated rings. The number of carbonyl (C=O) groups is 2. The molecule has 1 aliphatic heterocycles. The van der Waals surface area contributed by atoms with E-state index in [1.165, 1.54) is 0 Å². The number of rotatable bonds is 7. The van der Waals surface area contributed by atoms with Gasteiger partial charge in [0.1, 0.15) is 5.75 Å². The third kappa shape index (κ3) is 5.90. The fourth-order valence-corrected chi connectivity index (χ4v) is 2.84. The van der Waals surface area contributed by atoms with E-state index in [4.69, 9.17) is 9.84 Å². The topological polar surface area (TPSA) is 78.9 Å². The fourth-order valence-electron chi connectivity index (χ4n) is 2.84. The predicted octanol–water partition coefficient (Wildman–Crippen LogP) is 1.75. The highest BCUT2D eigenvalue weighted by atomic mass is 16.5. The number of hydrogen-bond donors (Lipinski definition) is 2. The molecule has 1 atom stereocenters. The Hall–Kier alpha value is -2.08. The van der Waals surface area contributed by atoms with Crippen molar-refractivity contribution in [1.29, 1.82) is 0 Å². The van der Waals surface area contributed by atoms with Crippen molar-refractivity contribution < 1.29 is 19.4 Å². The lowest BCUT2D eigenvalue weighted by Gasteiger charge is -2.32. The maximum Gasteiger partial charge on any atom is 0.335 e.